The minimum atomic E-state index is -1.21. The first-order valence-electron chi connectivity index (χ1n) is 16.8. The molecule has 3 aliphatic carbocycles. The highest BCUT2D eigenvalue weighted by Crippen LogP contribution is 2.65. The summed E-state index contributed by atoms with van der Waals surface area (Å²) in [5.74, 6) is -3.20. The van der Waals surface area contributed by atoms with Gasteiger partial charge in [0.2, 0.25) is 17.6 Å². The average molecular weight is 672 g/mol. The maximum absolute atomic E-state index is 14.3. The fourth-order valence-electron chi connectivity index (χ4n) is 7.56. The van der Waals surface area contributed by atoms with Crippen molar-refractivity contribution in [3.63, 3.8) is 0 Å². The van der Waals surface area contributed by atoms with Crippen LogP contribution in [0.4, 0.5) is 4.79 Å². The van der Waals surface area contributed by atoms with Crippen LogP contribution in [0.15, 0.2) is 16.8 Å². The van der Waals surface area contributed by atoms with E-state index in [4.69, 9.17) is 10.5 Å². The van der Waals surface area contributed by atoms with Gasteiger partial charge in [-0.15, -0.1) is 0 Å². The van der Waals surface area contributed by atoms with Gasteiger partial charge in [-0.1, -0.05) is 66.7 Å². The van der Waals surface area contributed by atoms with Gasteiger partial charge >= 0.3 is 12.0 Å². The molecule has 1 aromatic heterocycles. The number of ketones is 1. The number of urea groups is 1. The molecule has 5 N–H and O–H groups in total. The van der Waals surface area contributed by atoms with E-state index in [-0.39, 0.29) is 29.8 Å². The van der Waals surface area contributed by atoms with Gasteiger partial charge in [0.1, 0.15) is 24.2 Å². The van der Waals surface area contributed by atoms with E-state index in [1.54, 1.807) is 0 Å². The number of primary amides is 1. The summed E-state index contributed by atoms with van der Waals surface area (Å²) < 4.78 is 5.65. The largest absolute Gasteiger partial charge is 0.459 e. The number of piperidine rings is 1. The van der Waals surface area contributed by atoms with Crippen LogP contribution in [-0.4, -0.2) is 70.6 Å². The van der Waals surface area contributed by atoms with Crippen molar-refractivity contribution in [2.45, 2.75) is 116 Å². The Bertz CT molecular complexity index is 1390. The summed E-state index contributed by atoms with van der Waals surface area (Å²) in [6.07, 6.45) is 5.45. The fourth-order valence-corrected chi connectivity index (χ4v) is 8.21. The number of hydrogen-bond acceptors (Lipinski definition) is 8. The van der Waals surface area contributed by atoms with Crippen LogP contribution < -0.4 is 21.7 Å². The predicted molar refractivity (Wildman–Crippen MR) is 175 cm³/mol. The molecule has 1 aromatic rings. The Labute approximate surface area is 280 Å². The molecule has 0 aromatic carbocycles. The summed E-state index contributed by atoms with van der Waals surface area (Å²) in [5, 5.41) is 12.3. The van der Waals surface area contributed by atoms with E-state index in [1.165, 1.54) is 16.2 Å². The number of Topliss-reactive ketones (excluding diaryl/α,β-unsaturated/α-hetero) is 1. The van der Waals surface area contributed by atoms with Crippen molar-refractivity contribution in [3.8, 4) is 0 Å². The molecule has 0 spiro atoms. The molecule has 1 saturated heterocycles. The van der Waals surface area contributed by atoms with Gasteiger partial charge in [-0.05, 0) is 64.7 Å². The van der Waals surface area contributed by atoms with E-state index in [9.17, 15) is 28.8 Å². The lowest BCUT2D eigenvalue weighted by Gasteiger charge is -2.39. The quantitative estimate of drug-likeness (QED) is 0.195. The van der Waals surface area contributed by atoms with Crippen LogP contribution in [0, 0.1) is 28.6 Å². The Balaban J connectivity index is 1.32. The number of esters is 1. The van der Waals surface area contributed by atoms with Crippen LogP contribution in [-0.2, 0) is 35.3 Å². The molecule has 5 rings (SSSR count). The molecule has 0 bridgehead atoms. The zero-order valence-electron chi connectivity index (χ0n) is 28.1. The first-order valence-corrected chi connectivity index (χ1v) is 17.7. The Morgan fingerprint density at radius 2 is 1.74 bits per heavy atom. The van der Waals surface area contributed by atoms with Gasteiger partial charge in [0.15, 0.2) is 0 Å². The Kier molecular flexibility index (Phi) is 9.79. The number of carbonyl (C=O) groups excluding carboxylic acids is 6. The van der Waals surface area contributed by atoms with Gasteiger partial charge in [0, 0.05) is 12.1 Å². The van der Waals surface area contributed by atoms with E-state index in [0.717, 1.165) is 37.7 Å². The molecule has 4 fully saturated rings. The summed E-state index contributed by atoms with van der Waals surface area (Å²) in [6, 6.07) is -1.73. The van der Waals surface area contributed by atoms with E-state index in [1.807, 2.05) is 37.6 Å². The number of fused-ring (bicyclic) bond motifs is 1. The zero-order valence-corrected chi connectivity index (χ0v) is 28.9. The van der Waals surface area contributed by atoms with Crippen LogP contribution in [0.2, 0.25) is 0 Å². The van der Waals surface area contributed by atoms with Crippen LogP contribution in [0.25, 0.3) is 0 Å². The standard InChI is InChI=1S/C34H49N5O7S/c1-32(2,3)26(37-31(45)38-34(12-7-6-8-13-34)30(44)46-17-20-11-14-47-18-20)29(43)39-16-21-23(33(21,4)5)24(39)28(42)36-22(15-19-9-10-19)25(40)27(35)41/h11,14,18-19,21-24,26H,6-10,12-13,15-17H2,1-5H3,(H2,35,41)(H,36,42)(H2,37,38,45)/t21-,22?,23-,24-,26+/m0/s1. The number of likely N-dealkylation sites (tertiary alicyclic amines) is 1. The van der Waals surface area contributed by atoms with Crippen LogP contribution in [0.5, 0.6) is 0 Å². The highest BCUT2D eigenvalue weighted by atomic mass is 32.1. The normalized spacial score (nSPS) is 25.5. The van der Waals surface area contributed by atoms with Crippen molar-refractivity contribution >= 4 is 46.8 Å². The highest BCUT2D eigenvalue weighted by Gasteiger charge is 2.70. The third kappa shape index (κ3) is 7.49. The summed E-state index contributed by atoms with van der Waals surface area (Å²) in [7, 11) is 0. The number of nitrogens with two attached hydrogens (primary N) is 1. The number of carbonyl (C=O) groups is 6. The van der Waals surface area contributed by atoms with Gasteiger partial charge in [-0.3, -0.25) is 19.2 Å². The van der Waals surface area contributed by atoms with Gasteiger partial charge in [0.25, 0.3) is 5.91 Å². The lowest BCUT2D eigenvalue weighted by molar-refractivity contribution is -0.154. The second-order valence-electron chi connectivity index (χ2n) is 15.6. The van der Waals surface area contributed by atoms with Crippen molar-refractivity contribution in [1.29, 1.82) is 0 Å². The van der Waals surface area contributed by atoms with E-state index >= 15 is 0 Å². The first-order chi connectivity index (χ1) is 22.0. The minimum Gasteiger partial charge on any atom is -0.459 e. The molecule has 3 saturated carbocycles. The number of amides is 5. The summed E-state index contributed by atoms with van der Waals surface area (Å²) in [5.41, 5.74) is 4.01. The molecular formula is C34H49N5O7S. The monoisotopic (exact) mass is 671 g/mol. The molecule has 12 nitrogen and oxygen atoms in total. The smallest absolute Gasteiger partial charge is 0.332 e. The summed E-state index contributed by atoms with van der Waals surface area (Å²) in [4.78, 5) is 81.2. The van der Waals surface area contributed by atoms with Crippen molar-refractivity contribution in [1.82, 2.24) is 20.9 Å². The third-order valence-corrected chi connectivity index (χ3v) is 11.4. The van der Waals surface area contributed by atoms with E-state index < -0.39 is 64.6 Å². The molecule has 5 amide bonds. The van der Waals surface area contributed by atoms with Crippen LogP contribution in [0.1, 0.15) is 91.5 Å². The molecule has 1 unspecified atom stereocenters. The molecule has 0 radical (unpaired) electrons. The van der Waals surface area contributed by atoms with Crippen molar-refractivity contribution < 1.29 is 33.5 Å². The van der Waals surface area contributed by atoms with Crippen molar-refractivity contribution in [2.24, 2.45) is 34.3 Å². The number of thiophene rings is 1. The Morgan fingerprint density at radius 3 is 2.32 bits per heavy atom. The minimum absolute atomic E-state index is 0.0638. The van der Waals surface area contributed by atoms with Crippen LogP contribution in [0.3, 0.4) is 0 Å². The van der Waals surface area contributed by atoms with Crippen LogP contribution >= 0.6 is 11.3 Å². The van der Waals surface area contributed by atoms with Crippen molar-refractivity contribution in [3.05, 3.63) is 22.4 Å². The first kappa shape index (κ1) is 34.8. The SMILES string of the molecule is CC(C)(C)[C@H](NC(=O)NC1(C(=O)OCc2ccsc2)CCCCC1)C(=O)N1C[C@H]2[C@@H]([C@H]1C(=O)NC(CC1CC1)C(=O)C(N)=O)C2(C)C. The van der Waals surface area contributed by atoms with Crippen molar-refractivity contribution in [2.75, 3.05) is 6.54 Å². The number of ether oxygens (including phenoxy) is 1. The number of rotatable bonds is 12. The number of nitrogens with zero attached hydrogens (tertiary/aromatic N) is 1. The summed E-state index contributed by atoms with van der Waals surface area (Å²) >= 11 is 1.51. The molecular weight excluding hydrogens is 622 g/mol. The van der Waals surface area contributed by atoms with Gasteiger partial charge in [-0.25, -0.2) is 9.59 Å². The lowest BCUT2D eigenvalue weighted by atomic mass is 9.81. The molecule has 5 atom stereocenters. The van der Waals surface area contributed by atoms with E-state index in [2.05, 4.69) is 29.8 Å². The van der Waals surface area contributed by atoms with E-state index in [0.29, 0.717) is 25.8 Å². The molecule has 2 heterocycles. The van der Waals surface area contributed by atoms with Gasteiger partial charge in [0.05, 0.1) is 6.04 Å². The molecule has 1 aliphatic heterocycles. The highest BCUT2D eigenvalue weighted by molar-refractivity contribution is 7.07. The van der Waals surface area contributed by atoms with Gasteiger partial charge < -0.3 is 31.3 Å². The molecule has 258 valence electrons. The number of nitrogens with one attached hydrogen (secondary N) is 3. The summed E-state index contributed by atoms with van der Waals surface area (Å²) in [6.45, 7) is 10.0. The Hall–Kier alpha value is -3.48. The second kappa shape index (κ2) is 13.2. The molecule has 4 aliphatic rings. The maximum atomic E-state index is 14.3. The molecule has 47 heavy (non-hydrogen) atoms. The molecule has 13 heteroatoms. The second-order valence-corrected chi connectivity index (χ2v) is 16.4. The lowest BCUT2D eigenvalue weighted by Crippen LogP contribution is -2.64. The Morgan fingerprint density at radius 1 is 1.06 bits per heavy atom. The maximum Gasteiger partial charge on any atom is 0.332 e. The fraction of sp³-hybridized carbons (Fsp3) is 0.706. The topological polar surface area (TPSA) is 177 Å². The third-order valence-electron chi connectivity index (χ3n) is 10.7. The predicted octanol–water partition coefficient (Wildman–Crippen LogP) is 3.03. The zero-order chi connectivity index (χ0) is 34.3. The average Bonchev–Trinajstić information content (AvgIpc) is 3.71. The van der Waals surface area contributed by atoms with Gasteiger partial charge in [-0.2, -0.15) is 11.3 Å². The number of hydrogen-bond donors (Lipinski definition) is 4.